The van der Waals surface area contributed by atoms with E-state index < -0.39 is 6.10 Å². The van der Waals surface area contributed by atoms with Gasteiger partial charge in [0.15, 0.2) is 0 Å². The quantitative estimate of drug-likeness (QED) is 0.746. The average Bonchev–Trinajstić information content (AvgIpc) is 2.29. The first-order chi connectivity index (χ1) is 8.81. The maximum absolute atomic E-state index is 10.1. The van der Waals surface area contributed by atoms with Gasteiger partial charge >= 0.3 is 0 Å². The number of benzene rings is 1. The molecule has 1 atom stereocenters. The van der Waals surface area contributed by atoms with Crippen LogP contribution in [-0.4, -0.2) is 5.11 Å². The maximum Gasteiger partial charge on any atom is 0.0779 e. The van der Waals surface area contributed by atoms with Crippen LogP contribution in [0.2, 0.25) is 5.02 Å². The van der Waals surface area contributed by atoms with E-state index in [-0.39, 0.29) is 0 Å². The summed E-state index contributed by atoms with van der Waals surface area (Å²) in [5.41, 5.74) is 4.66. The lowest BCUT2D eigenvalue weighted by molar-refractivity contribution is 0.197. The molecule has 0 spiro atoms. The van der Waals surface area contributed by atoms with Gasteiger partial charge in [0, 0.05) is 5.56 Å². The van der Waals surface area contributed by atoms with Crippen LogP contribution in [0.25, 0.3) is 0 Å². The predicted octanol–water partition coefficient (Wildman–Crippen LogP) is 5.59. The second-order valence-corrected chi connectivity index (χ2v) is 6.37. The standard InChI is InChI=1S/C17H27ClO/c1-7-8-13-14(10(2)3)9-15(11(4)5)16(12(6)19)17(13)18/h9-12,19H,7-8H2,1-6H3. The molecule has 108 valence electrons. The van der Waals surface area contributed by atoms with E-state index in [2.05, 4.69) is 40.7 Å². The fourth-order valence-corrected chi connectivity index (χ4v) is 3.14. The third-order valence-corrected chi connectivity index (χ3v) is 4.07. The number of hydrogen-bond donors (Lipinski definition) is 1. The Morgan fingerprint density at radius 3 is 1.95 bits per heavy atom. The van der Waals surface area contributed by atoms with Gasteiger partial charge in [-0.05, 0) is 41.9 Å². The Morgan fingerprint density at radius 1 is 1.05 bits per heavy atom. The van der Waals surface area contributed by atoms with Crippen molar-refractivity contribution < 1.29 is 5.11 Å². The topological polar surface area (TPSA) is 20.2 Å². The van der Waals surface area contributed by atoms with E-state index in [0.29, 0.717) is 11.8 Å². The van der Waals surface area contributed by atoms with Crippen LogP contribution in [0.4, 0.5) is 0 Å². The SMILES string of the molecule is CCCc1c(C(C)C)cc(C(C)C)c(C(C)O)c1Cl. The molecule has 0 aliphatic heterocycles. The summed E-state index contributed by atoms with van der Waals surface area (Å²) in [6.07, 6.45) is 1.53. The Bertz CT molecular complexity index is 433. The largest absolute Gasteiger partial charge is 0.389 e. The Morgan fingerprint density at radius 2 is 1.58 bits per heavy atom. The van der Waals surface area contributed by atoms with Gasteiger partial charge in [-0.3, -0.25) is 0 Å². The third kappa shape index (κ3) is 3.52. The molecule has 1 N–H and O–H groups in total. The summed E-state index contributed by atoms with van der Waals surface area (Å²) in [5.74, 6) is 0.829. The Kier molecular flexibility index (Phi) is 5.88. The van der Waals surface area contributed by atoms with Crippen LogP contribution in [0.1, 0.15) is 88.2 Å². The minimum absolute atomic E-state index is 0.371. The van der Waals surface area contributed by atoms with E-state index in [1.165, 1.54) is 16.7 Å². The van der Waals surface area contributed by atoms with Crippen molar-refractivity contribution in [2.45, 2.75) is 72.3 Å². The lowest BCUT2D eigenvalue weighted by Crippen LogP contribution is -2.08. The van der Waals surface area contributed by atoms with Crippen molar-refractivity contribution in [1.29, 1.82) is 0 Å². The molecule has 0 radical (unpaired) electrons. The fourth-order valence-electron chi connectivity index (χ4n) is 2.67. The zero-order valence-corrected chi connectivity index (χ0v) is 13.8. The molecule has 1 rings (SSSR count). The van der Waals surface area contributed by atoms with E-state index in [4.69, 9.17) is 11.6 Å². The molecule has 0 bridgehead atoms. The molecule has 1 unspecified atom stereocenters. The van der Waals surface area contributed by atoms with Crippen LogP contribution >= 0.6 is 11.6 Å². The average molecular weight is 283 g/mol. The van der Waals surface area contributed by atoms with Crippen molar-refractivity contribution in [3.63, 3.8) is 0 Å². The van der Waals surface area contributed by atoms with E-state index in [1.54, 1.807) is 6.92 Å². The van der Waals surface area contributed by atoms with Gasteiger partial charge in [-0.1, -0.05) is 58.7 Å². The molecule has 0 saturated carbocycles. The Labute approximate surface area is 123 Å². The second-order valence-electron chi connectivity index (χ2n) is 6.00. The number of aliphatic hydroxyl groups excluding tert-OH is 1. The zero-order chi connectivity index (χ0) is 14.7. The molecule has 0 amide bonds. The summed E-state index contributed by atoms with van der Waals surface area (Å²) in [6.45, 7) is 12.7. The van der Waals surface area contributed by atoms with E-state index in [9.17, 15) is 5.11 Å². The smallest absolute Gasteiger partial charge is 0.0779 e. The number of hydrogen-bond acceptors (Lipinski definition) is 1. The normalized spacial score (nSPS) is 13.4. The van der Waals surface area contributed by atoms with Gasteiger partial charge in [-0.15, -0.1) is 0 Å². The first kappa shape index (κ1) is 16.5. The van der Waals surface area contributed by atoms with E-state index >= 15 is 0 Å². The van der Waals surface area contributed by atoms with Crippen LogP contribution < -0.4 is 0 Å². The minimum Gasteiger partial charge on any atom is -0.389 e. The molecule has 0 aliphatic rings. The summed E-state index contributed by atoms with van der Waals surface area (Å²) < 4.78 is 0. The zero-order valence-electron chi connectivity index (χ0n) is 13.0. The van der Waals surface area contributed by atoms with Crippen molar-refractivity contribution in [1.82, 2.24) is 0 Å². The summed E-state index contributed by atoms with van der Waals surface area (Å²) in [5, 5.41) is 10.9. The molecule has 1 aromatic rings. The van der Waals surface area contributed by atoms with Gasteiger partial charge in [0.2, 0.25) is 0 Å². The molecule has 19 heavy (non-hydrogen) atoms. The van der Waals surface area contributed by atoms with Gasteiger partial charge in [-0.2, -0.15) is 0 Å². The molecule has 0 aliphatic carbocycles. The van der Waals surface area contributed by atoms with Crippen LogP contribution in [0.15, 0.2) is 6.07 Å². The monoisotopic (exact) mass is 282 g/mol. The lowest BCUT2D eigenvalue weighted by Gasteiger charge is -2.24. The van der Waals surface area contributed by atoms with Crippen molar-refractivity contribution in [2.24, 2.45) is 0 Å². The maximum atomic E-state index is 10.1. The molecular weight excluding hydrogens is 256 g/mol. The van der Waals surface area contributed by atoms with Crippen molar-refractivity contribution >= 4 is 11.6 Å². The van der Waals surface area contributed by atoms with Crippen molar-refractivity contribution in [3.05, 3.63) is 33.3 Å². The predicted molar refractivity (Wildman–Crippen MR) is 84.3 cm³/mol. The van der Waals surface area contributed by atoms with Gasteiger partial charge in [-0.25, -0.2) is 0 Å². The van der Waals surface area contributed by atoms with E-state index in [0.717, 1.165) is 23.4 Å². The molecule has 1 nitrogen and oxygen atoms in total. The van der Waals surface area contributed by atoms with Crippen LogP contribution in [-0.2, 0) is 6.42 Å². The highest BCUT2D eigenvalue weighted by Crippen LogP contribution is 2.38. The van der Waals surface area contributed by atoms with E-state index in [1.807, 2.05) is 0 Å². The summed E-state index contributed by atoms with van der Waals surface area (Å²) >= 11 is 6.62. The highest BCUT2D eigenvalue weighted by Gasteiger charge is 2.21. The molecule has 0 aromatic heterocycles. The molecular formula is C17H27ClO. The molecule has 1 aromatic carbocycles. The van der Waals surface area contributed by atoms with Crippen molar-refractivity contribution in [2.75, 3.05) is 0 Å². The van der Waals surface area contributed by atoms with Gasteiger partial charge in [0.25, 0.3) is 0 Å². The molecule has 2 heteroatoms. The second kappa shape index (κ2) is 6.76. The van der Waals surface area contributed by atoms with Gasteiger partial charge in [0.1, 0.15) is 0 Å². The first-order valence-corrected chi connectivity index (χ1v) is 7.72. The Balaban J connectivity index is 3.60. The van der Waals surface area contributed by atoms with Crippen LogP contribution in [0, 0.1) is 0 Å². The summed E-state index contributed by atoms with van der Waals surface area (Å²) in [4.78, 5) is 0. The number of aliphatic hydroxyl groups is 1. The molecule has 0 saturated heterocycles. The van der Waals surface area contributed by atoms with Gasteiger partial charge in [0.05, 0.1) is 11.1 Å². The van der Waals surface area contributed by atoms with Gasteiger partial charge < -0.3 is 5.11 Å². The number of halogens is 1. The minimum atomic E-state index is -0.512. The van der Waals surface area contributed by atoms with Crippen LogP contribution in [0.5, 0.6) is 0 Å². The number of rotatable bonds is 5. The Hall–Kier alpha value is -0.530. The third-order valence-electron chi connectivity index (χ3n) is 3.63. The first-order valence-electron chi connectivity index (χ1n) is 7.34. The van der Waals surface area contributed by atoms with Crippen LogP contribution in [0.3, 0.4) is 0 Å². The molecule has 0 heterocycles. The molecule has 0 fully saturated rings. The highest BCUT2D eigenvalue weighted by atomic mass is 35.5. The summed E-state index contributed by atoms with van der Waals surface area (Å²) in [6, 6.07) is 2.26. The van der Waals surface area contributed by atoms with Crippen molar-refractivity contribution in [3.8, 4) is 0 Å². The highest BCUT2D eigenvalue weighted by molar-refractivity contribution is 6.32. The lowest BCUT2D eigenvalue weighted by atomic mass is 9.85. The fraction of sp³-hybridized carbons (Fsp3) is 0.647. The summed E-state index contributed by atoms with van der Waals surface area (Å²) in [7, 11) is 0.